The van der Waals surface area contributed by atoms with Gasteiger partial charge in [0.25, 0.3) is 0 Å². The molecular weight excluding hydrogens is 498 g/mol. The van der Waals surface area contributed by atoms with Gasteiger partial charge in [-0.1, -0.05) is 30.3 Å². The third-order valence-corrected chi connectivity index (χ3v) is 6.72. The van der Waals surface area contributed by atoms with Gasteiger partial charge in [0, 0.05) is 18.4 Å². The molecule has 2 atom stereocenters. The highest BCUT2D eigenvalue weighted by Gasteiger charge is 2.62. The summed E-state index contributed by atoms with van der Waals surface area (Å²) in [5, 5.41) is 12.4. The number of amides is 2. The van der Waals surface area contributed by atoms with Gasteiger partial charge in [0.05, 0.1) is 12.0 Å². The highest BCUT2D eigenvalue weighted by molar-refractivity contribution is 5.88. The van der Waals surface area contributed by atoms with Crippen molar-refractivity contribution in [1.82, 2.24) is 14.5 Å². The molecule has 208 valence electrons. The second kappa shape index (κ2) is 10.4. The van der Waals surface area contributed by atoms with Crippen molar-refractivity contribution in [3.8, 4) is 5.69 Å². The fraction of sp³-hybridized carbons (Fsp3) is 0.467. The standard InChI is InChI=1S/C30H37N3O6/c1-28(2,3)38-26(36)33(27(37)39-29(4,5)6)15-9-12-22-17-30(22,25(34)35)24-18-32(19-31-24)23-14-13-20-10-7-8-11-21(20)16-23/h7-8,10-11,13-14,16,18-19,22H,9,12,15,17H2,1-6H3,(H,34,35)/t22-,30+/m0/s1. The monoisotopic (exact) mass is 535 g/mol. The quantitative estimate of drug-likeness (QED) is 0.377. The van der Waals surface area contributed by atoms with Crippen LogP contribution < -0.4 is 0 Å². The van der Waals surface area contributed by atoms with Crippen LogP contribution in [0.15, 0.2) is 55.0 Å². The number of ether oxygens (including phenoxy) is 2. The molecule has 0 spiro atoms. The summed E-state index contributed by atoms with van der Waals surface area (Å²) in [4.78, 5) is 43.4. The molecular formula is C30H37N3O6. The number of imide groups is 1. The summed E-state index contributed by atoms with van der Waals surface area (Å²) in [5.74, 6) is -1.10. The Balaban J connectivity index is 1.45. The van der Waals surface area contributed by atoms with Crippen molar-refractivity contribution < 1.29 is 29.0 Å². The van der Waals surface area contributed by atoms with Gasteiger partial charge < -0.3 is 19.1 Å². The number of carboxylic acid groups (broad SMARTS) is 1. The molecule has 0 saturated heterocycles. The molecule has 1 N–H and O–H groups in total. The Morgan fingerprint density at radius 1 is 1.00 bits per heavy atom. The zero-order chi connectivity index (χ0) is 28.6. The number of fused-ring (bicyclic) bond motifs is 1. The maximum Gasteiger partial charge on any atom is 0.419 e. The van der Waals surface area contributed by atoms with Crippen LogP contribution in [0, 0.1) is 5.92 Å². The van der Waals surface area contributed by atoms with Crippen LogP contribution in [0.3, 0.4) is 0 Å². The minimum absolute atomic E-state index is 0.0571. The van der Waals surface area contributed by atoms with Gasteiger partial charge in [-0.15, -0.1) is 0 Å². The molecule has 9 nitrogen and oxygen atoms in total. The van der Waals surface area contributed by atoms with Crippen molar-refractivity contribution in [3.63, 3.8) is 0 Å². The maximum atomic E-state index is 12.7. The van der Waals surface area contributed by atoms with Crippen LogP contribution in [0.25, 0.3) is 16.5 Å². The average molecular weight is 536 g/mol. The number of aliphatic carboxylic acids is 1. The lowest BCUT2D eigenvalue weighted by Crippen LogP contribution is -2.44. The van der Waals surface area contributed by atoms with Gasteiger partial charge in [-0.2, -0.15) is 0 Å². The zero-order valence-electron chi connectivity index (χ0n) is 23.4. The third-order valence-electron chi connectivity index (χ3n) is 6.72. The number of nitrogens with zero attached hydrogens (tertiary/aromatic N) is 3. The van der Waals surface area contributed by atoms with Gasteiger partial charge >= 0.3 is 18.2 Å². The first kappa shape index (κ1) is 28.1. The largest absolute Gasteiger partial charge is 0.481 e. The SMILES string of the molecule is CC(C)(C)OC(=O)N(CCC[C@H]1C[C@]1(C(=O)O)c1cn(-c2ccc3ccccc3c2)cn1)C(=O)OC(C)(C)C. The number of hydrogen-bond donors (Lipinski definition) is 1. The third kappa shape index (κ3) is 6.41. The van der Waals surface area contributed by atoms with Gasteiger partial charge in [-0.3, -0.25) is 4.79 Å². The Labute approximate surface area is 228 Å². The molecule has 1 aromatic heterocycles. The normalized spacial score (nSPS) is 19.0. The van der Waals surface area contributed by atoms with Crippen molar-refractivity contribution in [2.75, 3.05) is 6.54 Å². The molecule has 4 rings (SSSR count). The number of rotatable bonds is 7. The fourth-order valence-corrected chi connectivity index (χ4v) is 4.78. The highest BCUT2D eigenvalue weighted by atomic mass is 16.6. The summed E-state index contributed by atoms with van der Waals surface area (Å²) in [6.07, 6.45) is 3.20. The van der Waals surface area contributed by atoms with Crippen molar-refractivity contribution in [3.05, 3.63) is 60.7 Å². The molecule has 0 bridgehead atoms. The summed E-state index contributed by atoms with van der Waals surface area (Å²) in [5.41, 5.74) is -1.25. The number of aromatic nitrogens is 2. The van der Waals surface area contributed by atoms with Crippen LogP contribution in [0.1, 0.15) is 66.5 Å². The predicted molar refractivity (Wildman–Crippen MR) is 147 cm³/mol. The number of carbonyl (C=O) groups is 3. The average Bonchev–Trinajstić information content (AvgIpc) is 3.35. The van der Waals surface area contributed by atoms with Crippen LogP contribution in [0.4, 0.5) is 9.59 Å². The van der Waals surface area contributed by atoms with Crippen molar-refractivity contribution >= 4 is 28.9 Å². The van der Waals surface area contributed by atoms with E-state index in [0.717, 1.165) is 21.4 Å². The molecule has 1 aliphatic rings. The Kier molecular flexibility index (Phi) is 7.47. The topological polar surface area (TPSA) is 111 Å². The van der Waals surface area contributed by atoms with Crippen LogP contribution in [0.5, 0.6) is 0 Å². The van der Waals surface area contributed by atoms with Crippen molar-refractivity contribution in [1.29, 1.82) is 0 Å². The second-order valence-electron chi connectivity index (χ2n) is 12.1. The number of benzene rings is 2. The van der Waals surface area contributed by atoms with E-state index in [1.54, 1.807) is 54.1 Å². The first-order valence-electron chi connectivity index (χ1n) is 13.2. The Bertz CT molecular complexity index is 1360. The predicted octanol–water partition coefficient (Wildman–Crippen LogP) is 6.32. The summed E-state index contributed by atoms with van der Waals surface area (Å²) in [7, 11) is 0. The summed E-state index contributed by atoms with van der Waals surface area (Å²) < 4.78 is 12.7. The summed E-state index contributed by atoms with van der Waals surface area (Å²) >= 11 is 0. The molecule has 2 amide bonds. The Hall–Kier alpha value is -3.88. The molecule has 2 aromatic carbocycles. The van der Waals surface area contributed by atoms with E-state index < -0.39 is 34.8 Å². The number of carboxylic acids is 1. The molecule has 1 fully saturated rings. The van der Waals surface area contributed by atoms with E-state index in [1.807, 2.05) is 47.0 Å². The minimum atomic E-state index is -1.09. The van der Waals surface area contributed by atoms with Gasteiger partial charge in [0.1, 0.15) is 16.6 Å². The van der Waals surface area contributed by atoms with Crippen molar-refractivity contribution in [2.45, 2.75) is 77.4 Å². The number of carbonyl (C=O) groups excluding carboxylic acids is 2. The Morgan fingerprint density at radius 3 is 2.21 bits per heavy atom. The summed E-state index contributed by atoms with van der Waals surface area (Å²) in [6, 6.07) is 14.1. The van der Waals surface area contributed by atoms with Gasteiger partial charge in [-0.05, 0) is 89.6 Å². The van der Waals surface area contributed by atoms with Crippen LogP contribution in [0.2, 0.25) is 0 Å². The molecule has 39 heavy (non-hydrogen) atoms. The fourth-order valence-electron chi connectivity index (χ4n) is 4.78. The molecule has 0 aliphatic heterocycles. The zero-order valence-corrected chi connectivity index (χ0v) is 23.4. The van der Waals surface area contributed by atoms with E-state index in [2.05, 4.69) is 4.98 Å². The van der Waals surface area contributed by atoms with E-state index in [-0.39, 0.29) is 12.5 Å². The van der Waals surface area contributed by atoms with E-state index in [0.29, 0.717) is 25.0 Å². The Morgan fingerprint density at radius 2 is 1.62 bits per heavy atom. The molecule has 0 radical (unpaired) electrons. The first-order valence-corrected chi connectivity index (χ1v) is 13.2. The molecule has 1 heterocycles. The van der Waals surface area contributed by atoms with E-state index in [1.165, 1.54) is 0 Å². The van der Waals surface area contributed by atoms with Crippen molar-refractivity contribution in [2.24, 2.45) is 5.92 Å². The van der Waals surface area contributed by atoms with Crippen LogP contribution >= 0.6 is 0 Å². The lowest BCUT2D eigenvalue weighted by molar-refractivity contribution is -0.140. The van der Waals surface area contributed by atoms with Gasteiger partial charge in [-0.25, -0.2) is 19.5 Å². The second-order valence-corrected chi connectivity index (χ2v) is 12.1. The summed E-state index contributed by atoms with van der Waals surface area (Å²) in [6.45, 7) is 10.4. The highest BCUT2D eigenvalue weighted by Crippen LogP contribution is 2.56. The van der Waals surface area contributed by atoms with E-state index >= 15 is 0 Å². The van der Waals surface area contributed by atoms with Crippen LogP contribution in [-0.2, 0) is 19.7 Å². The lowest BCUT2D eigenvalue weighted by atomic mass is 9.97. The maximum absolute atomic E-state index is 12.7. The van der Waals surface area contributed by atoms with E-state index in [4.69, 9.17) is 9.47 Å². The molecule has 9 heteroatoms. The van der Waals surface area contributed by atoms with Gasteiger partial charge in [0.15, 0.2) is 0 Å². The lowest BCUT2D eigenvalue weighted by Gasteiger charge is -2.28. The first-order chi connectivity index (χ1) is 18.2. The number of imidazole rings is 1. The molecule has 1 aliphatic carbocycles. The smallest absolute Gasteiger partial charge is 0.419 e. The van der Waals surface area contributed by atoms with Gasteiger partial charge in [0.2, 0.25) is 0 Å². The van der Waals surface area contributed by atoms with E-state index in [9.17, 15) is 19.5 Å². The minimum Gasteiger partial charge on any atom is -0.481 e. The molecule has 0 unspecified atom stereocenters. The number of hydrogen-bond acceptors (Lipinski definition) is 6. The molecule has 1 saturated carbocycles. The molecule has 3 aromatic rings. The van der Waals surface area contributed by atoms with Crippen LogP contribution in [-0.4, -0.2) is 55.5 Å².